The number of rotatable bonds is 3. The number of hydrogen-bond donors (Lipinski definition) is 1. The molecule has 0 aromatic carbocycles. The fraction of sp³-hybridized carbons (Fsp3) is 0.722. The van der Waals surface area contributed by atoms with E-state index in [4.69, 9.17) is 0 Å². The van der Waals surface area contributed by atoms with Crippen LogP contribution in [0.2, 0.25) is 0 Å². The zero-order valence-electron chi connectivity index (χ0n) is 13.7. The normalized spacial score (nSPS) is 28.6. The number of nitrogens with one attached hydrogen (secondary N) is 1. The standard InChI is InChI=1S/C18H29N3/c1-14-13-18(2,3)9-8-15(14)20-16-7-6-10-19-17(16)21-11-4-5-12-21/h6-7,10,14-15,20H,4-5,8-9,11-13H2,1-3H3. The van der Waals surface area contributed by atoms with Gasteiger partial charge in [0.1, 0.15) is 0 Å². The topological polar surface area (TPSA) is 28.2 Å². The van der Waals surface area contributed by atoms with Gasteiger partial charge < -0.3 is 10.2 Å². The van der Waals surface area contributed by atoms with E-state index >= 15 is 0 Å². The van der Waals surface area contributed by atoms with Gasteiger partial charge >= 0.3 is 0 Å². The number of hydrogen-bond acceptors (Lipinski definition) is 3. The van der Waals surface area contributed by atoms with Crippen LogP contribution in [0.5, 0.6) is 0 Å². The van der Waals surface area contributed by atoms with Crippen LogP contribution in [0.25, 0.3) is 0 Å². The van der Waals surface area contributed by atoms with Gasteiger partial charge in [0, 0.05) is 25.3 Å². The van der Waals surface area contributed by atoms with Gasteiger partial charge in [0.15, 0.2) is 5.82 Å². The molecule has 2 atom stereocenters. The van der Waals surface area contributed by atoms with Crippen molar-refractivity contribution < 1.29 is 0 Å². The third-order valence-corrected chi connectivity index (χ3v) is 5.23. The average Bonchev–Trinajstić information content (AvgIpc) is 2.96. The van der Waals surface area contributed by atoms with Crippen LogP contribution in [0.1, 0.15) is 52.9 Å². The Bertz CT molecular complexity index is 477. The summed E-state index contributed by atoms with van der Waals surface area (Å²) in [4.78, 5) is 7.07. The quantitative estimate of drug-likeness (QED) is 0.898. The maximum absolute atomic E-state index is 4.64. The molecule has 1 saturated heterocycles. The molecule has 1 aromatic rings. The lowest BCUT2D eigenvalue weighted by atomic mass is 9.70. The van der Waals surface area contributed by atoms with Crippen molar-refractivity contribution in [2.24, 2.45) is 11.3 Å². The predicted octanol–water partition coefficient (Wildman–Crippen LogP) is 4.31. The fourth-order valence-corrected chi connectivity index (χ4v) is 4.05. The largest absolute Gasteiger partial charge is 0.379 e. The first-order chi connectivity index (χ1) is 10.1. The number of nitrogens with zero attached hydrogens (tertiary/aromatic N) is 2. The Labute approximate surface area is 129 Å². The minimum atomic E-state index is 0.504. The number of aromatic nitrogens is 1. The molecule has 2 fully saturated rings. The highest BCUT2D eigenvalue weighted by molar-refractivity contribution is 5.66. The Morgan fingerprint density at radius 3 is 2.76 bits per heavy atom. The summed E-state index contributed by atoms with van der Waals surface area (Å²) in [6.45, 7) is 9.50. The SMILES string of the molecule is CC1CC(C)(C)CCC1Nc1cccnc1N1CCCC1. The van der Waals surface area contributed by atoms with Crippen molar-refractivity contribution in [3.05, 3.63) is 18.3 Å². The van der Waals surface area contributed by atoms with Gasteiger partial charge in [-0.2, -0.15) is 0 Å². The maximum Gasteiger partial charge on any atom is 0.151 e. The monoisotopic (exact) mass is 287 g/mol. The zero-order valence-corrected chi connectivity index (χ0v) is 13.7. The van der Waals surface area contributed by atoms with E-state index in [-0.39, 0.29) is 0 Å². The molecular weight excluding hydrogens is 258 g/mol. The van der Waals surface area contributed by atoms with E-state index in [1.165, 1.54) is 37.8 Å². The molecule has 0 amide bonds. The van der Waals surface area contributed by atoms with Crippen LogP contribution in [0.4, 0.5) is 11.5 Å². The third kappa shape index (κ3) is 3.33. The Balaban J connectivity index is 1.73. The summed E-state index contributed by atoms with van der Waals surface area (Å²) in [6.07, 6.45) is 8.40. The van der Waals surface area contributed by atoms with Gasteiger partial charge in [-0.25, -0.2) is 4.98 Å². The Kier molecular flexibility index (Phi) is 4.10. The molecule has 1 aliphatic heterocycles. The van der Waals surface area contributed by atoms with E-state index in [0.29, 0.717) is 11.5 Å². The first-order valence-corrected chi connectivity index (χ1v) is 8.52. The summed E-state index contributed by atoms with van der Waals surface area (Å²) in [5.74, 6) is 1.88. The Hall–Kier alpha value is -1.25. The van der Waals surface area contributed by atoms with Crippen LogP contribution in [-0.2, 0) is 0 Å². The summed E-state index contributed by atoms with van der Waals surface area (Å²) in [5.41, 5.74) is 1.74. The van der Waals surface area contributed by atoms with Crippen molar-refractivity contribution in [3.63, 3.8) is 0 Å². The summed E-state index contributed by atoms with van der Waals surface area (Å²) in [7, 11) is 0. The van der Waals surface area contributed by atoms with Crippen molar-refractivity contribution in [2.75, 3.05) is 23.3 Å². The van der Waals surface area contributed by atoms with E-state index in [0.717, 1.165) is 24.8 Å². The second-order valence-corrected chi connectivity index (χ2v) is 7.70. The summed E-state index contributed by atoms with van der Waals surface area (Å²) in [5, 5.41) is 3.81. The summed E-state index contributed by atoms with van der Waals surface area (Å²) < 4.78 is 0. The number of anilines is 2. The summed E-state index contributed by atoms with van der Waals surface area (Å²) >= 11 is 0. The smallest absolute Gasteiger partial charge is 0.151 e. The molecule has 0 spiro atoms. The van der Waals surface area contributed by atoms with Crippen LogP contribution in [0.3, 0.4) is 0 Å². The lowest BCUT2D eigenvalue weighted by Crippen LogP contribution is -2.37. The molecular formula is C18H29N3. The molecule has 1 aromatic heterocycles. The third-order valence-electron chi connectivity index (χ3n) is 5.23. The molecule has 1 N–H and O–H groups in total. The Morgan fingerprint density at radius 1 is 1.29 bits per heavy atom. The van der Waals surface area contributed by atoms with E-state index in [9.17, 15) is 0 Å². The Morgan fingerprint density at radius 2 is 2.05 bits per heavy atom. The van der Waals surface area contributed by atoms with Crippen LogP contribution in [0, 0.1) is 11.3 Å². The zero-order chi connectivity index (χ0) is 14.9. The average molecular weight is 287 g/mol. The molecule has 0 bridgehead atoms. The van der Waals surface area contributed by atoms with Crippen molar-refractivity contribution in [2.45, 2.75) is 58.9 Å². The minimum absolute atomic E-state index is 0.504. The van der Waals surface area contributed by atoms with Gasteiger partial charge in [0.25, 0.3) is 0 Å². The van der Waals surface area contributed by atoms with E-state index in [1.807, 2.05) is 6.20 Å². The van der Waals surface area contributed by atoms with E-state index in [1.54, 1.807) is 0 Å². The second-order valence-electron chi connectivity index (χ2n) is 7.70. The second kappa shape index (κ2) is 5.86. The van der Waals surface area contributed by atoms with Gasteiger partial charge in [0.2, 0.25) is 0 Å². The molecule has 3 nitrogen and oxygen atoms in total. The van der Waals surface area contributed by atoms with Crippen LogP contribution in [0.15, 0.2) is 18.3 Å². The van der Waals surface area contributed by atoms with E-state index in [2.05, 4.69) is 48.1 Å². The molecule has 3 heteroatoms. The lowest BCUT2D eigenvalue weighted by Gasteiger charge is -2.40. The minimum Gasteiger partial charge on any atom is -0.379 e. The van der Waals surface area contributed by atoms with Gasteiger partial charge in [0.05, 0.1) is 5.69 Å². The highest BCUT2D eigenvalue weighted by atomic mass is 15.2. The number of pyridine rings is 1. The van der Waals surface area contributed by atoms with Crippen molar-refractivity contribution >= 4 is 11.5 Å². The molecule has 2 heterocycles. The molecule has 116 valence electrons. The first-order valence-electron chi connectivity index (χ1n) is 8.52. The van der Waals surface area contributed by atoms with Crippen LogP contribution >= 0.6 is 0 Å². The maximum atomic E-state index is 4.64. The molecule has 3 rings (SSSR count). The highest BCUT2D eigenvalue weighted by Crippen LogP contribution is 2.40. The molecule has 0 radical (unpaired) electrons. The molecule has 1 saturated carbocycles. The van der Waals surface area contributed by atoms with E-state index < -0.39 is 0 Å². The summed E-state index contributed by atoms with van der Waals surface area (Å²) in [6, 6.07) is 4.84. The molecule has 2 aliphatic rings. The van der Waals surface area contributed by atoms with Crippen molar-refractivity contribution in [3.8, 4) is 0 Å². The first kappa shape index (κ1) is 14.7. The fourth-order valence-electron chi connectivity index (χ4n) is 4.05. The van der Waals surface area contributed by atoms with Gasteiger partial charge in [-0.05, 0) is 55.6 Å². The van der Waals surface area contributed by atoms with Crippen LogP contribution in [-0.4, -0.2) is 24.1 Å². The highest BCUT2D eigenvalue weighted by Gasteiger charge is 2.32. The molecule has 21 heavy (non-hydrogen) atoms. The van der Waals surface area contributed by atoms with Crippen LogP contribution < -0.4 is 10.2 Å². The molecule has 2 unspecified atom stereocenters. The van der Waals surface area contributed by atoms with Gasteiger partial charge in [-0.1, -0.05) is 20.8 Å². The van der Waals surface area contributed by atoms with Crippen molar-refractivity contribution in [1.29, 1.82) is 0 Å². The molecule has 1 aliphatic carbocycles. The van der Waals surface area contributed by atoms with Crippen molar-refractivity contribution in [1.82, 2.24) is 4.98 Å². The predicted molar refractivity (Wildman–Crippen MR) is 89.9 cm³/mol. The lowest BCUT2D eigenvalue weighted by molar-refractivity contribution is 0.177. The van der Waals surface area contributed by atoms with Gasteiger partial charge in [-0.3, -0.25) is 0 Å². The van der Waals surface area contributed by atoms with Gasteiger partial charge in [-0.15, -0.1) is 0 Å².